The number of carbonyl (C=O) groups is 2. The number of carbonyl (C=O) groups excluding carboxylic acids is 2. The normalized spacial score (nSPS) is 35.9. The van der Waals surface area contributed by atoms with Crippen molar-refractivity contribution >= 4 is 11.9 Å². The van der Waals surface area contributed by atoms with Crippen LogP contribution in [0.25, 0.3) is 0 Å². The minimum atomic E-state index is -1.11. The SMILES string of the molecule is CCC(C)(C)C(=O)OCC(=O)OC12CC3(C(C)(C)O)CC(C(C)(C)O)(C1)CC(C(C)(C)O)(C2)C3. The zero-order valence-electron chi connectivity index (χ0n) is 22.6. The number of rotatable bonds is 8. The number of hydrogen-bond acceptors (Lipinski definition) is 7. The third-order valence-electron chi connectivity index (χ3n) is 9.99. The van der Waals surface area contributed by atoms with Gasteiger partial charge in [0.2, 0.25) is 0 Å². The van der Waals surface area contributed by atoms with Crippen molar-refractivity contribution in [3.63, 3.8) is 0 Å². The van der Waals surface area contributed by atoms with Crippen LogP contribution in [0.1, 0.15) is 107 Å². The van der Waals surface area contributed by atoms with Crippen molar-refractivity contribution in [2.75, 3.05) is 6.61 Å². The molecular formula is C27H46O7. The van der Waals surface area contributed by atoms with E-state index in [1.54, 1.807) is 55.4 Å². The van der Waals surface area contributed by atoms with Gasteiger partial charge in [0.05, 0.1) is 22.2 Å². The highest BCUT2D eigenvalue weighted by atomic mass is 16.6. The average Bonchev–Trinajstić information content (AvgIpc) is 2.62. The zero-order valence-corrected chi connectivity index (χ0v) is 22.6. The molecule has 3 N–H and O–H groups in total. The zero-order chi connectivity index (χ0) is 26.2. The highest BCUT2D eigenvalue weighted by Gasteiger charge is 2.76. The van der Waals surface area contributed by atoms with Crippen LogP contribution in [-0.4, -0.2) is 56.3 Å². The molecule has 0 saturated heterocycles. The molecule has 0 unspecified atom stereocenters. The van der Waals surface area contributed by atoms with E-state index in [0.29, 0.717) is 44.9 Å². The standard InChI is InChI=1S/C27H46O7/c1-10-20(2,3)19(29)33-11-18(28)34-27-15-24(21(4,5)30)12-25(16-27,22(6,7)31)14-26(13-24,17-27)23(8,9)32/h30-32H,10-17H2,1-9H3. The van der Waals surface area contributed by atoms with E-state index < -0.39 is 62.6 Å². The molecule has 4 saturated carbocycles. The van der Waals surface area contributed by atoms with Crippen molar-refractivity contribution in [3.8, 4) is 0 Å². The third-order valence-corrected chi connectivity index (χ3v) is 9.99. The van der Waals surface area contributed by atoms with Crippen LogP contribution >= 0.6 is 0 Å². The van der Waals surface area contributed by atoms with Crippen molar-refractivity contribution < 1.29 is 34.4 Å². The van der Waals surface area contributed by atoms with E-state index in [1.807, 2.05) is 6.92 Å². The van der Waals surface area contributed by atoms with E-state index in [2.05, 4.69) is 0 Å². The van der Waals surface area contributed by atoms with Crippen LogP contribution in [0.5, 0.6) is 0 Å². The Balaban J connectivity index is 2.00. The molecule has 7 heteroatoms. The molecule has 0 atom stereocenters. The molecule has 0 aromatic carbocycles. The van der Waals surface area contributed by atoms with Crippen LogP contribution < -0.4 is 0 Å². The molecule has 4 aliphatic carbocycles. The Labute approximate surface area is 204 Å². The van der Waals surface area contributed by atoms with E-state index in [4.69, 9.17) is 9.47 Å². The summed E-state index contributed by atoms with van der Waals surface area (Å²) in [6.45, 7) is 15.6. The molecule has 0 aromatic rings. The molecule has 4 fully saturated rings. The lowest BCUT2D eigenvalue weighted by Gasteiger charge is -2.75. The molecule has 196 valence electrons. The second-order valence-corrected chi connectivity index (χ2v) is 14.0. The number of esters is 2. The monoisotopic (exact) mass is 482 g/mol. The van der Waals surface area contributed by atoms with Gasteiger partial charge in [0.15, 0.2) is 6.61 Å². The molecule has 0 heterocycles. The topological polar surface area (TPSA) is 113 Å². The Bertz CT molecular complexity index is 754. The van der Waals surface area contributed by atoms with Crippen LogP contribution in [-0.2, 0) is 19.1 Å². The van der Waals surface area contributed by atoms with Crippen molar-refractivity contribution in [2.24, 2.45) is 21.7 Å². The van der Waals surface area contributed by atoms with Crippen molar-refractivity contribution in [3.05, 3.63) is 0 Å². The molecule has 7 nitrogen and oxygen atoms in total. The summed E-state index contributed by atoms with van der Waals surface area (Å²) in [7, 11) is 0. The fourth-order valence-corrected chi connectivity index (χ4v) is 7.33. The van der Waals surface area contributed by atoms with Gasteiger partial charge in [-0.05, 0) is 100 Å². The summed E-state index contributed by atoms with van der Waals surface area (Å²) < 4.78 is 11.4. The Kier molecular flexibility index (Phi) is 6.17. The molecule has 4 rings (SSSR count). The van der Waals surface area contributed by atoms with Gasteiger partial charge in [0.1, 0.15) is 5.60 Å². The number of aliphatic hydroxyl groups is 3. The van der Waals surface area contributed by atoms with Crippen LogP contribution in [0.4, 0.5) is 0 Å². The number of ether oxygens (including phenoxy) is 2. The van der Waals surface area contributed by atoms with Crippen molar-refractivity contribution in [1.82, 2.24) is 0 Å². The highest BCUT2D eigenvalue weighted by Crippen LogP contribution is 2.77. The molecular weight excluding hydrogens is 436 g/mol. The minimum Gasteiger partial charge on any atom is -0.456 e. The fourth-order valence-electron chi connectivity index (χ4n) is 7.33. The molecule has 0 spiro atoms. The Morgan fingerprint density at radius 3 is 1.35 bits per heavy atom. The summed E-state index contributed by atoms with van der Waals surface area (Å²) in [5, 5.41) is 34.2. The Morgan fingerprint density at radius 1 is 0.706 bits per heavy atom. The van der Waals surface area contributed by atoms with E-state index >= 15 is 0 Å². The molecule has 0 aromatic heterocycles. The van der Waals surface area contributed by atoms with Crippen LogP contribution in [0.15, 0.2) is 0 Å². The molecule has 0 radical (unpaired) electrons. The maximum atomic E-state index is 13.0. The lowest BCUT2D eigenvalue weighted by atomic mass is 9.32. The van der Waals surface area contributed by atoms with E-state index in [1.165, 1.54) is 0 Å². The Morgan fingerprint density at radius 2 is 1.06 bits per heavy atom. The smallest absolute Gasteiger partial charge is 0.344 e. The van der Waals surface area contributed by atoms with Gasteiger partial charge in [-0.2, -0.15) is 0 Å². The predicted octanol–water partition coefficient (Wildman–Crippen LogP) is 3.90. The predicted molar refractivity (Wildman–Crippen MR) is 128 cm³/mol. The molecule has 4 aliphatic rings. The summed E-state index contributed by atoms with van der Waals surface area (Å²) in [4.78, 5) is 25.4. The average molecular weight is 483 g/mol. The molecule has 4 bridgehead atoms. The first-order valence-corrected chi connectivity index (χ1v) is 12.6. The van der Waals surface area contributed by atoms with Crippen LogP contribution in [0, 0.1) is 21.7 Å². The summed E-state index contributed by atoms with van der Waals surface area (Å²) in [6, 6.07) is 0. The second-order valence-electron chi connectivity index (χ2n) is 14.0. The van der Waals surface area contributed by atoms with E-state index in [9.17, 15) is 24.9 Å². The van der Waals surface area contributed by atoms with Gasteiger partial charge in [-0.25, -0.2) is 4.79 Å². The first kappa shape index (κ1) is 27.4. The molecule has 0 amide bonds. The maximum absolute atomic E-state index is 13.0. The summed E-state index contributed by atoms with van der Waals surface area (Å²) in [5.41, 5.74) is -6.96. The van der Waals surface area contributed by atoms with Gasteiger partial charge >= 0.3 is 11.9 Å². The fraction of sp³-hybridized carbons (Fsp3) is 0.926. The highest BCUT2D eigenvalue weighted by molar-refractivity contribution is 5.80. The summed E-state index contributed by atoms with van der Waals surface area (Å²) >= 11 is 0. The third kappa shape index (κ3) is 4.20. The van der Waals surface area contributed by atoms with Gasteiger partial charge in [-0.1, -0.05) is 6.92 Å². The first-order chi connectivity index (χ1) is 15.1. The largest absolute Gasteiger partial charge is 0.456 e. The number of hydrogen-bond donors (Lipinski definition) is 3. The summed E-state index contributed by atoms with van der Waals surface area (Å²) in [6.07, 6.45) is 3.68. The van der Waals surface area contributed by atoms with Gasteiger partial charge in [0.25, 0.3) is 0 Å². The minimum absolute atomic E-state index is 0.444. The molecule has 34 heavy (non-hydrogen) atoms. The quantitative estimate of drug-likeness (QED) is 0.450. The van der Waals surface area contributed by atoms with Crippen molar-refractivity contribution in [1.29, 1.82) is 0 Å². The first-order valence-electron chi connectivity index (χ1n) is 12.6. The van der Waals surface area contributed by atoms with Gasteiger partial charge in [0, 0.05) is 16.2 Å². The maximum Gasteiger partial charge on any atom is 0.344 e. The van der Waals surface area contributed by atoms with Gasteiger partial charge in [-0.3, -0.25) is 4.79 Å². The lowest BCUT2D eigenvalue weighted by Crippen LogP contribution is -2.75. The summed E-state index contributed by atoms with van der Waals surface area (Å²) in [5.74, 6) is -1.09. The van der Waals surface area contributed by atoms with E-state index in [0.717, 1.165) is 0 Å². The van der Waals surface area contributed by atoms with Gasteiger partial charge in [-0.15, -0.1) is 0 Å². The van der Waals surface area contributed by atoms with Crippen LogP contribution in [0.2, 0.25) is 0 Å². The molecule has 0 aliphatic heterocycles. The van der Waals surface area contributed by atoms with Crippen molar-refractivity contribution in [2.45, 2.75) is 130 Å². The Hall–Kier alpha value is -1.18. The second kappa shape index (κ2) is 7.66. The van der Waals surface area contributed by atoms with E-state index in [-0.39, 0.29) is 0 Å². The lowest BCUT2D eigenvalue weighted by molar-refractivity contribution is -0.332. The van der Waals surface area contributed by atoms with Crippen LogP contribution in [0.3, 0.4) is 0 Å². The van der Waals surface area contributed by atoms with Gasteiger partial charge < -0.3 is 24.8 Å².